The Bertz CT molecular complexity index is 872. The van der Waals surface area contributed by atoms with E-state index in [-0.39, 0.29) is 26.2 Å². The van der Waals surface area contributed by atoms with Crippen LogP contribution in [0.4, 0.5) is 10.1 Å². The average Bonchev–Trinajstić information content (AvgIpc) is 2.51. The van der Waals surface area contributed by atoms with Crippen LogP contribution in [0.1, 0.15) is 10.4 Å². The second-order valence-electron chi connectivity index (χ2n) is 4.44. The molecule has 5 nitrogen and oxygen atoms in total. The van der Waals surface area contributed by atoms with Gasteiger partial charge in [0.05, 0.1) is 10.0 Å². The van der Waals surface area contributed by atoms with Gasteiger partial charge in [-0.3, -0.25) is 4.79 Å². The maximum atomic E-state index is 13.1. The van der Waals surface area contributed by atoms with Gasteiger partial charge in [0.1, 0.15) is 10.7 Å². The van der Waals surface area contributed by atoms with Gasteiger partial charge in [0, 0.05) is 11.3 Å². The van der Waals surface area contributed by atoms with Crippen LogP contribution in [0, 0.1) is 5.82 Å². The Kier molecular flexibility index (Phi) is 5.26. The number of benzene rings is 2. The molecule has 0 atom stereocenters. The summed E-state index contributed by atoms with van der Waals surface area (Å²) in [6.45, 7) is 0. The molecule has 2 aromatic rings. The van der Waals surface area contributed by atoms with Crippen LogP contribution >= 0.6 is 23.2 Å². The molecule has 2 rings (SSSR count). The van der Waals surface area contributed by atoms with Gasteiger partial charge in [-0.1, -0.05) is 23.2 Å². The molecule has 0 fully saturated rings. The third-order valence-corrected chi connectivity index (χ3v) is 5.11. The van der Waals surface area contributed by atoms with Crippen molar-refractivity contribution in [3.63, 3.8) is 0 Å². The predicted octanol–water partition coefficient (Wildman–Crippen LogP) is 3.29. The lowest BCUT2D eigenvalue weighted by atomic mass is 10.2. The summed E-state index contributed by atoms with van der Waals surface area (Å²) >= 11 is 11.5. The SMILES string of the molecule is CNS(=O)(=O)c1cc(C(=O)Nc2ccc(F)c(Cl)c2)ccc1Cl. The van der Waals surface area contributed by atoms with Crippen LogP contribution in [0.15, 0.2) is 41.3 Å². The minimum Gasteiger partial charge on any atom is -0.322 e. The summed E-state index contributed by atoms with van der Waals surface area (Å²) in [7, 11) is -2.57. The molecule has 0 unspecified atom stereocenters. The molecule has 0 saturated carbocycles. The van der Waals surface area contributed by atoms with Crippen molar-refractivity contribution in [1.82, 2.24) is 4.72 Å². The Morgan fingerprint density at radius 3 is 2.39 bits per heavy atom. The highest BCUT2D eigenvalue weighted by molar-refractivity contribution is 7.89. The summed E-state index contributed by atoms with van der Waals surface area (Å²) in [4.78, 5) is 12.0. The van der Waals surface area contributed by atoms with E-state index in [0.29, 0.717) is 0 Å². The largest absolute Gasteiger partial charge is 0.322 e. The van der Waals surface area contributed by atoms with Crippen molar-refractivity contribution in [3.8, 4) is 0 Å². The normalized spacial score (nSPS) is 11.3. The molecule has 0 aliphatic carbocycles. The molecule has 0 heterocycles. The van der Waals surface area contributed by atoms with Crippen molar-refractivity contribution in [3.05, 3.63) is 57.8 Å². The van der Waals surface area contributed by atoms with E-state index in [1.165, 1.54) is 31.3 Å². The zero-order valence-corrected chi connectivity index (χ0v) is 14.1. The molecule has 0 bridgehead atoms. The van der Waals surface area contributed by atoms with Crippen LogP contribution in [-0.4, -0.2) is 21.4 Å². The van der Waals surface area contributed by atoms with Crippen LogP contribution in [0.5, 0.6) is 0 Å². The predicted molar refractivity (Wildman–Crippen MR) is 87.1 cm³/mol. The average molecular weight is 377 g/mol. The van der Waals surface area contributed by atoms with Gasteiger partial charge in [0.25, 0.3) is 5.91 Å². The Morgan fingerprint density at radius 2 is 1.78 bits per heavy atom. The molecule has 0 saturated heterocycles. The number of hydrogen-bond donors (Lipinski definition) is 2. The zero-order valence-electron chi connectivity index (χ0n) is 11.7. The summed E-state index contributed by atoms with van der Waals surface area (Å²) in [5.41, 5.74) is 0.345. The number of amides is 1. The van der Waals surface area contributed by atoms with Gasteiger partial charge in [-0.2, -0.15) is 0 Å². The quantitative estimate of drug-likeness (QED) is 0.859. The summed E-state index contributed by atoms with van der Waals surface area (Å²) in [6.07, 6.45) is 0. The highest BCUT2D eigenvalue weighted by atomic mass is 35.5. The maximum Gasteiger partial charge on any atom is 0.255 e. The van der Waals surface area contributed by atoms with Gasteiger partial charge in [-0.15, -0.1) is 0 Å². The van der Waals surface area contributed by atoms with Crippen molar-refractivity contribution in [1.29, 1.82) is 0 Å². The molecular weight excluding hydrogens is 366 g/mol. The summed E-state index contributed by atoms with van der Waals surface area (Å²) in [6, 6.07) is 7.51. The standard InChI is InChI=1S/C14H11Cl2FN2O3S/c1-18-23(21,22)13-6-8(2-4-10(13)15)14(20)19-9-3-5-12(17)11(16)7-9/h2-7,18H,1H3,(H,19,20). The van der Waals surface area contributed by atoms with E-state index in [4.69, 9.17) is 23.2 Å². The Hall–Kier alpha value is -1.67. The van der Waals surface area contributed by atoms with E-state index in [0.717, 1.165) is 12.1 Å². The lowest BCUT2D eigenvalue weighted by Crippen LogP contribution is -2.20. The van der Waals surface area contributed by atoms with Gasteiger partial charge in [0.15, 0.2) is 0 Å². The molecule has 23 heavy (non-hydrogen) atoms. The molecule has 0 radical (unpaired) electrons. The van der Waals surface area contributed by atoms with Crippen molar-refractivity contribution in [2.45, 2.75) is 4.90 Å². The monoisotopic (exact) mass is 376 g/mol. The number of halogens is 3. The smallest absolute Gasteiger partial charge is 0.255 e. The Morgan fingerprint density at radius 1 is 1.09 bits per heavy atom. The van der Waals surface area contributed by atoms with Crippen LogP contribution in [-0.2, 0) is 10.0 Å². The third-order valence-electron chi connectivity index (χ3n) is 2.93. The Labute approximate surface area is 142 Å². The molecule has 0 aliphatic rings. The van der Waals surface area contributed by atoms with Gasteiger partial charge in [0.2, 0.25) is 10.0 Å². The molecule has 0 spiro atoms. The van der Waals surface area contributed by atoms with Crippen LogP contribution in [0.25, 0.3) is 0 Å². The number of nitrogens with one attached hydrogen (secondary N) is 2. The molecule has 0 aromatic heterocycles. The first-order valence-electron chi connectivity index (χ1n) is 6.24. The van der Waals surface area contributed by atoms with Gasteiger partial charge < -0.3 is 5.32 Å². The molecule has 9 heteroatoms. The topological polar surface area (TPSA) is 75.3 Å². The molecule has 0 aliphatic heterocycles. The second-order valence-corrected chi connectivity index (χ2v) is 7.11. The second kappa shape index (κ2) is 6.84. The fourth-order valence-electron chi connectivity index (χ4n) is 1.74. The van der Waals surface area contributed by atoms with Crippen LogP contribution in [0.3, 0.4) is 0 Å². The molecule has 2 N–H and O–H groups in total. The third kappa shape index (κ3) is 4.00. The van der Waals surface area contributed by atoms with E-state index in [1.807, 2.05) is 0 Å². The number of carbonyl (C=O) groups is 1. The highest BCUT2D eigenvalue weighted by Crippen LogP contribution is 2.24. The number of carbonyl (C=O) groups excluding carboxylic acids is 1. The minimum absolute atomic E-state index is 0.0132. The number of anilines is 1. The van der Waals surface area contributed by atoms with Gasteiger partial charge in [-0.25, -0.2) is 17.5 Å². The summed E-state index contributed by atoms with van der Waals surface area (Å²) in [5, 5.41) is 2.34. The first-order valence-corrected chi connectivity index (χ1v) is 8.48. The first kappa shape index (κ1) is 17.7. The van der Waals surface area contributed by atoms with Gasteiger partial charge >= 0.3 is 0 Å². The number of rotatable bonds is 4. The molecule has 2 aromatic carbocycles. The van der Waals surface area contributed by atoms with E-state index < -0.39 is 21.7 Å². The fraction of sp³-hybridized carbons (Fsp3) is 0.0714. The van der Waals surface area contributed by atoms with E-state index >= 15 is 0 Å². The number of sulfonamides is 1. The highest BCUT2D eigenvalue weighted by Gasteiger charge is 2.18. The van der Waals surface area contributed by atoms with Crippen LogP contribution in [0.2, 0.25) is 10.0 Å². The lowest BCUT2D eigenvalue weighted by molar-refractivity contribution is 0.102. The molecule has 122 valence electrons. The molecule has 1 amide bonds. The van der Waals surface area contributed by atoms with Gasteiger partial charge in [-0.05, 0) is 43.4 Å². The Balaban J connectivity index is 2.33. The van der Waals surface area contributed by atoms with Crippen molar-refractivity contribution >= 4 is 44.8 Å². The summed E-state index contributed by atoms with van der Waals surface area (Å²) in [5.74, 6) is -1.20. The lowest BCUT2D eigenvalue weighted by Gasteiger charge is -2.09. The van der Waals surface area contributed by atoms with Crippen LogP contribution < -0.4 is 10.0 Å². The fourth-order valence-corrected chi connectivity index (χ4v) is 3.17. The maximum absolute atomic E-state index is 13.1. The van der Waals surface area contributed by atoms with Crippen molar-refractivity contribution in [2.24, 2.45) is 0 Å². The minimum atomic E-state index is -3.80. The summed E-state index contributed by atoms with van der Waals surface area (Å²) < 4.78 is 38.9. The van der Waals surface area contributed by atoms with Crippen molar-refractivity contribution < 1.29 is 17.6 Å². The number of hydrogen-bond acceptors (Lipinski definition) is 3. The van der Waals surface area contributed by atoms with E-state index in [2.05, 4.69) is 10.0 Å². The zero-order chi connectivity index (χ0) is 17.2. The van der Waals surface area contributed by atoms with Crippen molar-refractivity contribution in [2.75, 3.05) is 12.4 Å². The van der Waals surface area contributed by atoms with E-state index in [1.54, 1.807) is 0 Å². The molecular formula is C14H11Cl2FN2O3S. The van der Waals surface area contributed by atoms with E-state index in [9.17, 15) is 17.6 Å². The first-order chi connectivity index (χ1) is 10.7.